The second kappa shape index (κ2) is 5.91. The molecule has 0 radical (unpaired) electrons. The molecule has 0 aromatic carbocycles. The zero-order valence-corrected chi connectivity index (χ0v) is 13.6. The maximum atomic E-state index is 12.4. The van der Waals surface area contributed by atoms with E-state index >= 15 is 0 Å². The van der Waals surface area contributed by atoms with Crippen LogP contribution in [0.25, 0.3) is 10.2 Å². The molecule has 0 saturated carbocycles. The van der Waals surface area contributed by atoms with Crippen molar-refractivity contribution in [2.24, 2.45) is 0 Å². The van der Waals surface area contributed by atoms with Crippen LogP contribution in [0.2, 0.25) is 0 Å². The first-order valence-corrected chi connectivity index (χ1v) is 8.04. The fourth-order valence-electron chi connectivity index (χ4n) is 2.52. The van der Waals surface area contributed by atoms with Crippen molar-refractivity contribution in [1.29, 1.82) is 0 Å². The number of anilines is 1. The zero-order chi connectivity index (χ0) is 16.6. The van der Waals surface area contributed by atoms with Gasteiger partial charge in [-0.2, -0.15) is 0 Å². The lowest BCUT2D eigenvalue weighted by molar-refractivity contribution is -0.305. The number of ether oxygens (including phenoxy) is 1. The number of aliphatic carboxylic acids is 1. The second-order valence-electron chi connectivity index (χ2n) is 6.00. The molecular weight excluding hydrogens is 320 g/mol. The normalized spacial score (nSPS) is 16.3. The molecule has 0 saturated heterocycles. The Morgan fingerprint density at radius 2 is 2.30 bits per heavy atom. The molecular formula is C14H17N4O4S-. The van der Waals surface area contributed by atoms with Crippen LogP contribution < -0.4 is 21.5 Å². The predicted octanol–water partition coefficient (Wildman–Crippen LogP) is -0.108. The van der Waals surface area contributed by atoms with Crippen molar-refractivity contribution >= 4 is 33.5 Å². The fourth-order valence-corrected chi connectivity index (χ4v) is 3.63. The van der Waals surface area contributed by atoms with Gasteiger partial charge in [0, 0.05) is 30.2 Å². The molecule has 0 atom stereocenters. The van der Waals surface area contributed by atoms with Gasteiger partial charge in [0.2, 0.25) is 5.95 Å². The molecule has 1 aliphatic heterocycles. The number of carboxylic acid groups (broad SMARTS) is 1. The summed E-state index contributed by atoms with van der Waals surface area (Å²) in [6.07, 6.45) is 0.531. The minimum atomic E-state index is -1.15. The Morgan fingerprint density at radius 3 is 3.04 bits per heavy atom. The third-order valence-electron chi connectivity index (χ3n) is 3.60. The largest absolute Gasteiger partial charge is 0.550 e. The van der Waals surface area contributed by atoms with E-state index in [0.717, 1.165) is 10.4 Å². The predicted molar refractivity (Wildman–Crippen MR) is 84.1 cm³/mol. The molecule has 0 spiro atoms. The molecule has 2 aromatic rings. The van der Waals surface area contributed by atoms with E-state index < -0.39 is 5.97 Å². The van der Waals surface area contributed by atoms with E-state index in [4.69, 9.17) is 4.74 Å². The van der Waals surface area contributed by atoms with Gasteiger partial charge in [-0.1, -0.05) is 0 Å². The van der Waals surface area contributed by atoms with Crippen molar-refractivity contribution < 1.29 is 14.6 Å². The lowest BCUT2D eigenvalue weighted by Gasteiger charge is -2.29. The Bertz CT molecular complexity index is 811. The number of carbonyl (C=O) groups is 1. The van der Waals surface area contributed by atoms with Gasteiger partial charge >= 0.3 is 0 Å². The molecule has 8 nitrogen and oxygen atoms in total. The summed E-state index contributed by atoms with van der Waals surface area (Å²) in [7, 11) is 0. The lowest BCUT2D eigenvalue weighted by atomic mass is 9.94. The van der Waals surface area contributed by atoms with Gasteiger partial charge in [-0.05, 0) is 19.4 Å². The van der Waals surface area contributed by atoms with Crippen LogP contribution in [0.3, 0.4) is 0 Å². The number of H-pyrrole nitrogens is 1. The topological polar surface area (TPSA) is 119 Å². The van der Waals surface area contributed by atoms with Gasteiger partial charge in [0.1, 0.15) is 4.83 Å². The average molecular weight is 337 g/mol. The Balaban J connectivity index is 1.86. The van der Waals surface area contributed by atoms with Crippen LogP contribution in [0.4, 0.5) is 5.95 Å². The summed E-state index contributed by atoms with van der Waals surface area (Å²) < 4.78 is 5.77. The van der Waals surface area contributed by atoms with Crippen molar-refractivity contribution in [3.8, 4) is 0 Å². The molecule has 3 N–H and O–H groups in total. The highest BCUT2D eigenvalue weighted by atomic mass is 32.1. The van der Waals surface area contributed by atoms with Gasteiger partial charge in [-0.15, -0.1) is 11.3 Å². The Morgan fingerprint density at radius 1 is 1.52 bits per heavy atom. The standard InChI is InChI=1S/C14H18N4O4S/c1-14(2)5-7-8(6-22-14)23-12-10(7)11(21)16-13(17-12)18-15-4-3-9(19)20/h15H,3-6H2,1-2H3,(H,19,20)(H2,16,17,18,21)/p-1. The van der Waals surface area contributed by atoms with E-state index in [1.165, 1.54) is 11.3 Å². The summed E-state index contributed by atoms with van der Waals surface area (Å²) in [5, 5.41) is 11.0. The number of aromatic nitrogens is 2. The maximum Gasteiger partial charge on any atom is 0.261 e. The van der Waals surface area contributed by atoms with E-state index in [9.17, 15) is 14.7 Å². The number of aromatic amines is 1. The number of hydrogen-bond acceptors (Lipinski definition) is 8. The molecule has 124 valence electrons. The van der Waals surface area contributed by atoms with E-state index in [1.807, 2.05) is 13.8 Å². The monoisotopic (exact) mass is 337 g/mol. The quantitative estimate of drug-likeness (QED) is 0.514. The van der Waals surface area contributed by atoms with Gasteiger partial charge in [0.25, 0.3) is 5.56 Å². The first kappa shape index (κ1) is 15.9. The third kappa shape index (κ3) is 3.36. The molecule has 0 aliphatic carbocycles. The summed E-state index contributed by atoms with van der Waals surface area (Å²) >= 11 is 1.44. The van der Waals surface area contributed by atoms with Crippen molar-refractivity contribution in [3.63, 3.8) is 0 Å². The number of thiophene rings is 1. The summed E-state index contributed by atoms with van der Waals surface area (Å²) in [6.45, 7) is 4.64. The van der Waals surface area contributed by atoms with E-state index in [2.05, 4.69) is 20.8 Å². The van der Waals surface area contributed by atoms with Crippen LogP contribution in [0, 0.1) is 0 Å². The molecule has 0 fully saturated rings. The Labute approximate surface area is 135 Å². The molecule has 3 rings (SSSR count). The summed E-state index contributed by atoms with van der Waals surface area (Å²) in [6, 6.07) is 0. The Hall–Kier alpha value is -1.97. The number of carbonyl (C=O) groups excluding carboxylic acids is 1. The highest BCUT2D eigenvalue weighted by molar-refractivity contribution is 7.18. The van der Waals surface area contributed by atoms with Crippen LogP contribution in [-0.4, -0.2) is 28.1 Å². The smallest absolute Gasteiger partial charge is 0.261 e. The number of carboxylic acids is 1. The van der Waals surface area contributed by atoms with Gasteiger partial charge < -0.3 is 14.6 Å². The van der Waals surface area contributed by atoms with Crippen LogP contribution >= 0.6 is 11.3 Å². The number of nitrogens with one attached hydrogen (secondary N) is 3. The summed E-state index contributed by atoms with van der Waals surface area (Å²) in [4.78, 5) is 31.4. The second-order valence-corrected chi connectivity index (χ2v) is 7.08. The molecule has 0 bridgehead atoms. The van der Waals surface area contributed by atoms with Crippen molar-refractivity contribution in [2.75, 3.05) is 12.0 Å². The number of fused-ring (bicyclic) bond motifs is 3. The minimum absolute atomic E-state index is 0.140. The highest BCUT2D eigenvalue weighted by Crippen LogP contribution is 2.36. The van der Waals surface area contributed by atoms with Crippen LogP contribution in [0.15, 0.2) is 4.79 Å². The van der Waals surface area contributed by atoms with E-state index in [-0.39, 0.29) is 30.1 Å². The average Bonchev–Trinajstić information content (AvgIpc) is 2.80. The van der Waals surface area contributed by atoms with Gasteiger partial charge in [0.05, 0.1) is 17.6 Å². The van der Waals surface area contributed by atoms with Crippen LogP contribution in [0.5, 0.6) is 0 Å². The maximum absolute atomic E-state index is 12.4. The fraction of sp³-hybridized carbons (Fsp3) is 0.500. The molecule has 3 heterocycles. The molecule has 23 heavy (non-hydrogen) atoms. The summed E-state index contributed by atoms with van der Waals surface area (Å²) in [5.74, 6) is -0.899. The third-order valence-corrected chi connectivity index (χ3v) is 4.70. The minimum Gasteiger partial charge on any atom is -0.550 e. The molecule has 1 aliphatic rings. The van der Waals surface area contributed by atoms with Gasteiger partial charge in [-0.25, -0.2) is 10.4 Å². The van der Waals surface area contributed by atoms with Gasteiger partial charge in [-0.3, -0.25) is 15.2 Å². The number of hydrogen-bond donors (Lipinski definition) is 3. The van der Waals surface area contributed by atoms with E-state index in [1.54, 1.807) is 0 Å². The van der Waals surface area contributed by atoms with E-state index in [0.29, 0.717) is 23.2 Å². The number of hydrazine groups is 1. The van der Waals surface area contributed by atoms with Gasteiger partial charge in [0.15, 0.2) is 0 Å². The SMILES string of the molecule is CC1(C)Cc2c(sc3nc(NNCCC(=O)[O-])[nH]c(=O)c23)CO1. The zero-order valence-electron chi connectivity index (χ0n) is 12.8. The van der Waals surface area contributed by atoms with Crippen LogP contribution in [-0.2, 0) is 22.6 Å². The first-order valence-electron chi connectivity index (χ1n) is 7.23. The molecule has 0 unspecified atom stereocenters. The Kier molecular flexibility index (Phi) is 4.09. The first-order chi connectivity index (χ1) is 10.9. The van der Waals surface area contributed by atoms with Crippen molar-refractivity contribution in [3.05, 3.63) is 20.8 Å². The van der Waals surface area contributed by atoms with Crippen LogP contribution in [0.1, 0.15) is 30.7 Å². The van der Waals surface area contributed by atoms with Crippen molar-refractivity contribution in [2.45, 2.75) is 38.9 Å². The molecule has 0 amide bonds. The summed E-state index contributed by atoms with van der Waals surface area (Å²) in [5.41, 5.74) is 5.87. The molecule has 9 heteroatoms. The highest BCUT2D eigenvalue weighted by Gasteiger charge is 2.30. The number of rotatable bonds is 5. The number of nitrogens with zero attached hydrogens (tertiary/aromatic N) is 1. The van der Waals surface area contributed by atoms with Crippen molar-refractivity contribution in [1.82, 2.24) is 15.4 Å². The molecule has 2 aromatic heterocycles. The lowest BCUT2D eigenvalue weighted by Crippen LogP contribution is -2.32.